The molecule has 3 amide bonds. The Balaban J connectivity index is 1.91. The number of carbonyl (C=O) groups excluding carboxylic acids is 2. The molecule has 23 heavy (non-hydrogen) atoms. The zero-order valence-electron chi connectivity index (χ0n) is 12.7. The number of hydrogen-bond acceptors (Lipinski definition) is 5. The van der Waals surface area contributed by atoms with Gasteiger partial charge in [0.25, 0.3) is 5.91 Å². The summed E-state index contributed by atoms with van der Waals surface area (Å²) in [6.07, 6.45) is 0. The van der Waals surface area contributed by atoms with Crippen molar-refractivity contribution in [2.75, 3.05) is 18.6 Å². The van der Waals surface area contributed by atoms with Gasteiger partial charge in [-0.25, -0.2) is 9.69 Å². The number of nitrogens with one attached hydrogen (secondary N) is 1. The fourth-order valence-corrected chi connectivity index (χ4v) is 2.32. The lowest BCUT2D eigenvalue weighted by molar-refractivity contribution is -0.115. The number of nitrogens with zero attached hydrogens (tertiary/aromatic N) is 2. The van der Waals surface area contributed by atoms with Crippen molar-refractivity contribution >= 4 is 17.8 Å². The highest BCUT2D eigenvalue weighted by molar-refractivity contribution is 6.19. The van der Waals surface area contributed by atoms with E-state index >= 15 is 0 Å². The molecule has 0 aliphatic carbocycles. The SMILES string of the molecule is COc1c(C)cccc1Oc1cccc(N2C(=O)CNC2=O)n1. The summed E-state index contributed by atoms with van der Waals surface area (Å²) in [5.41, 5.74) is 0.926. The van der Waals surface area contributed by atoms with E-state index in [1.807, 2.05) is 19.1 Å². The summed E-state index contributed by atoms with van der Waals surface area (Å²) in [4.78, 5) is 28.6. The molecule has 2 heterocycles. The summed E-state index contributed by atoms with van der Waals surface area (Å²) in [5.74, 6) is 1.24. The van der Waals surface area contributed by atoms with E-state index in [0.29, 0.717) is 11.5 Å². The molecule has 7 nitrogen and oxygen atoms in total. The monoisotopic (exact) mass is 313 g/mol. The van der Waals surface area contributed by atoms with Crippen molar-refractivity contribution < 1.29 is 19.1 Å². The van der Waals surface area contributed by atoms with Crippen LogP contribution in [-0.2, 0) is 4.79 Å². The number of ether oxygens (including phenoxy) is 2. The third kappa shape index (κ3) is 2.80. The average Bonchev–Trinajstić information content (AvgIpc) is 2.87. The first-order valence-corrected chi connectivity index (χ1v) is 6.99. The fraction of sp³-hybridized carbons (Fsp3) is 0.188. The van der Waals surface area contributed by atoms with Crippen LogP contribution in [0.1, 0.15) is 5.56 Å². The molecule has 0 unspecified atom stereocenters. The molecule has 1 N–H and O–H groups in total. The number of hydrogen-bond donors (Lipinski definition) is 1. The van der Waals surface area contributed by atoms with Gasteiger partial charge >= 0.3 is 6.03 Å². The van der Waals surface area contributed by atoms with E-state index in [-0.39, 0.29) is 24.1 Å². The summed E-state index contributed by atoms with van der Waals surface area (Å²) < 4.78 is 11.1. The number of aromatic nitrogens is 1. The number of pyridine rings is 1. The van der Waals surface area contributed by atoms with Crippen molar-refractivity contribution in [2.45, 2.75) is 6.92 Å². The van der Waals surface area contributed by atoms with Gasteiger partial charge in [-0.2, -0.15) is 4.98 Å². The zero-order valence-corrected chi connectivity index (χ0v) is 12.7. The molecule has 0 bridgehead atoms. The molecule has 0 saturated carbocycles. The molecular weight excluding hydrogens is 298 g/mol. The highest BCUT2D eigenvalue weighted by atomic mass is 16.5. The Hall–Kier alpha value is -3.09. The summed E-state index contributed by atoms with van der Waals surface area (Å²) in [5, 5.41) is 2.45. The van der Waals surface area contributed by atoms with Crippen LogP contribution in [0.4, 0.5) is 10.6 Å². The largest absolute Gasteiger partial charge is 0.493 e. The molecule has 1 aromatic carbocycles. The normalized spacial score (nSPS) is 13.9. The highest BCUT2D eigenvalue weighted by Crippen LogP contribution is 2.33. The Labute approximate surface area is 132 Å². The predicted molar refractivity (Wildman–Crippen MR) is 82.9 cm³/mol. The Bertz CT molecular complexity index is 760. The number of carbonyl (C=O) groups is 2. The number of benzene rings is 1. The van der Waals surface area contributed by atoms with Crippen LogP contribution in [0, 0.1) is 6.92 Å². The van der Waals surface area contributed by atoms with E-state index in [0.717, 1.165) is 10.5 Å². The average molecular weight is 313 g/mol. The van der Waals surface area contributed by atoms with Gasteiger partial charge in [-0.15, -0.1) is 0 Å². The number of para-hydroxylation sites is 1. The summed E-state index contributed by atoms with van der Waals surface area (Å²) in [7, 11) is 1.56. The smallest absolute Gasteiger partial charge is 0.330 e. The van der Waals surface area contributed by atoms with Gasteiger partial charge in [0, 0.05) is 6.07 Å². The number of urea groups is 1. The third-order valence-corrected chi connectivity index (χ3v) is 3.38. The first-order valence-electron chi connectivity index (χ1n) is 6.99. The Morgan fingerprint density at radius 3 is 2.65 bits per heavy atom. The number of amides is 3. The van der Waals surface area contributed by atoms with E-state index < -0.39 is 6.03 Å². The number of rotatable bonds is 4. The lowest BCUT2D eigenvalue weighted by Crippen LogP contribution is -2.31. The third-order valence-electron chi connectivity index (χ3n) is 3.38. The van der Waals surface area contributed by atoms with Gasteiger partial charge < -0.3 is 14.8 Å². The van der Waals surface area contributed by atoms with E-state index in [1.165, 1.54) is 0 Å². The zero-order chi connectivity index (χ0) is 16.4. The van der Waals surface area contributed by atoms with Gasteiger partial charge in [0.2, 0.25) is 5.88 Å². The molecule has 0 spiro atoms. The number of anilines is 1. The molecule has 1 saturated heterocycles. The maximum atomic E-state index is 11.7. The molecule has 2 aromatic rings. The van der Waals surface area contributed by atoms with Crippen LogP contribution in [0.15, 0.2) is 36.4 Å². The van der Waals surface area contributed by atoms with Crippen LogP contribution in [0.25, 0.3) is 0 Å². The van der Waals surface area contributed by atoms with E-state index in [4.69, 9.17) is 9.47 Å². The van der Waals surface area contributed by atoms with Crippen molar-refractivity contribution in [1.82, 2.24) is 10.3 Å². The highest BCUT2D eigenvalue weighted by Gasteiger charge is 2.31. The van der Waals surface area contributed by atoms with Crippen molar-refractivity contribution in [3.05, 3.63) is 42.0 Å². The van der Waals surface area contributed by atoms with Crippen LogP contribution >= 0.6 is 0 Å². The van der Waals surface area contributed by atoms with Crippen molar-refractivity contribution in [3.8, 4) is 17.4 Å². The van der Waals surface area contributed by atoms with Crippen LogP contribution < -0.4 is 19.7 Å². The summed E-state index contributed by atoms with van der Waals surface area (Å²) in [6.45, 7) is 1.88. The Morgan fingerprint density at radius 1 is 1.17 bits per heavy atom. The first-order chi connectivity index (χ1) is 11.1. The topological polar surface area (TPSA) is 80.8 Å². The molecule has 0 radical (unpaired) electrons. The molecule has 0 atom stereocenters. The van der Waals surface area contributed by atoms with Gasteiger partial charge in [-0.1, -0.05) is 18.2 Å². The molecule has 118 valence electrons. The minimum atomic E-state index is -0.493. The molecule has 7 heteroatoms. The van der Waals surface area contributed by atoms with Crippen LogP contribution in [0.5, 0.6) is 17.4 Å². The maximum Gasteiger partial charge on any atom is 0.330 e. The number of imide groups is 1. The molecule has 1 aliphatic rings. The maximum absolute atomic E-state index is 11.7. The predicted octanol–water partition coefficient (Wildman–Crippen LogP) is 2.25. The van der Waals surface area contributed by atoms with Crippen molar-refractivity contribution in [1.29, 1.82) is 0 Å². The van der Waals surface area contributed by atoms with Gasteiger partial charge in [-0.3, -0.25) is 4.79 Å². The molecule has 3 rings (SSSR count). The fourth-order valence-electron chi connectivity index (χ4n) is 2.32. The number of methoxy groups -OCH3 is 1. The lowest BCUT2D eigenvalue weighted by atomic mass is 10.2. The minimum absolute atomic E-state index is 0.0305. The molecular formula is C16H15N3O4. The molecule has 1 aromatic heterocycles. The van der Waals surface area contributed by atoms with Crippen molar-refractivity contribution in [2.24, 2.45) is 0 Å². The van der Waals surface area contributed by atoms with E-state index in [1.54, 1.807) is 31.4 Å². The molecule has 1 aliphatic heterocycles. The second-order valence-electron chi connectivity index (χ2n) is 4.93. The van der Waals surface area contributed by atoms with Gasteiger partial charge in [0.05, 0.1) is 13.7 Å². The van der Waals surface area contributed by atoms with Gasteiger partial charge in [-0.05, 0) is 24.6 Å². The first kappa shape index (κ1) is 14.8. The van der Waals surface area contributed by atoms with Crippen LogP contribution in [0.2, 0.25) is 0 Å². The Morgan fingerprint density at radius 2 is 1.96 bits per heavy atom. The van der Waals surface area contributed by atoms with Gasteiger partial charge in [0.1, 0.15) is 5.82 Å². The summed E-state index contributed by atoms with van der Waals surface area (Å²) >= 11 is 0. The number of aryl methyl sites for hydroxylation is 1. The van der Waals surface area contributed by atoms with E-state index in [9.17, 15) is 9.59 Å². The Kier molecular flexibility index (Phi) is 3.84. The quantitative estimate of drug-likeness (QED) is 0.876. The van der Waals surface area contributed by atoms with Crippen molar-refractivity contribution in [3.63, 3.8) is 0 Å². The molecule has 1 fully saturated rings. The van der Waals surface area contributed by atoms with Gasteiger partial charge in [0.15, 0.2) is 11.5 Å². The summed E-state index contributed by atoms with van der Waals surface area (Å²) in [6, 6.07) is 9.89. The second kappa shape index (κ2) is 5.96. The lowest BCUT2D eigenvalue weighted by Gasteiger charge is -2.14. The van der Waals surface area contributed by atoms with Crippen LogP contribution in [-0.4, -0.2) is 30.6 Å². The minimum Gasteiger partial charge on any atom is -0.493 e. The standard InChI is InChI=1S/C16H15N3O4/c1-10-5-3-6-11(15(10)22-2)23-13-8-4-7-12(18-13)19-14(20)9-17-16(19)21/h3-8H,9H2,1-2H3,(H,17,21). The van der Waals surface area contributed by atoms with Crippen LogP contribution in [0.3, 0.4) is 0 Å². The van der Waals surface area contributed by atoms with E-state index in [2.05, 4.69) is 10.3 Å². The second-order valence-corrected chi connectivity index (χ2v) is 4.93.